The summed E-state index contributed by atoms with van der Waals surface area (Å²) in [5.41, 5.74) is -0.895. The van der Waals surface area contributed by atoms with Crippen molar-refractivity contribution in [1.82, 2.24) is 0 Å². The van der Waals surface area contributed by atoms with Gasteiger partial charge >= 0.3 is 5.97 Å². The Kier molecular flexibility index (Phi) is 7.44. The number of rotatable bonds is 11. The van der Waals surface area contributed by atoms with E-state index in [-0.39, 0.29) is 24.2 Å². The molecule has 1 atom stereocenters. The van der Waals surface area contributed by atoms with E-state index in [1.807, 2.05) is 0 Å². The maximum atomic E-state index is 12.4. The summed E-state index contributed by atoms with van der Waals surface area (Å²) in [7, 11) is 0. The predicted molar refractivity (Wildman–Crippen MR) is 85.3 cm³/mol. The molecule has 1 rings (SSSR count). The minimum absolute atomic E-state index is 0.0632. The first-order chi connectivity index (χ1) is 12.2. The highest BCUT2D eigenvalue weighted by molar-refractivity contribution is 5.84. The van der Waals surface area contributed by atoms with Crippen molar-refractivity contribution < 1.29 is 34.2 Å². The number of esters is 1. The maximum Gasteiger partial charge on any atom is 0.316 e. The molecule has 1 aromatic carbocycles. The van der Waals surface area contributed by atoms with Crippen LogP contribution >= 0.6 is 0 Å². The minimum Gasteiger partial charge on any atom is -0.425 e. The second-order valence-electron chi connectivity index (χ2n) is 5.94. The summed E-state index contributed by atoms with van der Waals surface area (Å²) in [5.74, 6) is -0.572. The fourth-order valence-electron chi connectivity index (χ4n) is 1.96. The molecule has 0 heterocycles. The Morgan fingerprint density at radius 3 is 2.46 bits per heavy atom. The van der Waals surface area contributed by atoms with Gasteiger partial charge in [-0.05, 0) is 38.8 Å². The lowest BCUT2D eigenvalue weighted by Crippen LogP contribution is -2.32. The van der Waals surface area contributed by atoms with Crippen LogP contribution in [0.4, 0.5) is 0 Å². The highest BCUT2D eigenvalue weighted by Gasteiger charge is 2.32. The van der Waals surface area contributed by atoms with E-state index >= 15 is 0 Å². The highest BCUT2D eigenvalue weighted by atomic mass is 17.0. The second-order valence-corrected chi connectivity index (χ2v) is 5.94. The zero-order chi connectivity index (χ0) is 19.7. The number of benzene rings is 1. The first-order valence-corrected chi connectivity index (χ1v) is 7.50. The highest BCUT2D eigenvalue weighted by Crippen LogP contribution is 2.28. The van der Waals surface area contributed by atoms with Crippen LogP contribution in [0.3, 0.4) is 0 Å². The number of aldehydes is 1. The Balaban J connectivity index is 2.72. The van der Waals surface area contributed by atoms with Crippen molar-refractivity contribution in [3.63, 3.8) is 0 Å². The van der Waals surface area contributed by atoms with Crippen molar-refractivity contribution in [3.8, 4) is 5.75 Å². The number of hydrogen-bond acceptors (Lipinski definition) is 9. The number of ether oxygens (including phenoxy) is 1. The zero-order valence-corrected chi connectivity index (χ0v) is 14.2. The van der Waals surface area contributed by atoms with Crippen molar-refractivity contribution in [2.45, 2.75) is 32.8 Å². The van der Waals surface area contributed by atoms with Gasteiger partial charge in [0.25, 0.3) is 10.2 Å². The monoisotopic (exact) mass is 370 g/mol. The minimum atomic E-state index is -1.22. The van der Waals surface area contributed by atoms with Gasteiger partial charge in [0.1, 0.15) is 18.5 Å². The van der Waals surface area contributed by atoms with Gasteiger partial charge in [0.2, 0.25) is 0 Å². The molecule has 0 aromatic heterocycles. The molecule has 11 heteroatoms. The van der Waals surface area contributed by atoms with Crippen LogP contribution in [0.5, 0.6) is 5.75 Å². The van der Waals surface area contributed by atoms with Gasteiger partial charge in [-0.25, -0.2) is 0 Å². The van der Waals surface area contributed by atoms with E-state index < -0.39 is 34.3 Å². The van der Waals surface area contributed by atoms with E-state index in [9.17, 15) is 29.8 Å². The maximum absolute atomic E-state index is 12.4. The Morgan fingerprint density at radius 2 is 1.88 bits per heavy atom. The summed E-state index contributed by atoms with van der Waals surface area (Å²) < 4.78 is 5.23. The van der Waals surface area contributed by atoms with Crippen LogP contribution in [0.15, 0.2) is 24.3 Å². The van der Waals surface area contributed by atoms with Gasteiger partial charge in [-0.1, -0.05) is 12.1 Å². The molecule has 0 amide bonds. The summed E-state index contributed by atoms with van der Waals surface area (Å²) in [6, 6.07) is 6.15. The fraction of sp³-hybridized carbons (Fsp3) is 0.467. The molecule has 1 unspecified atom stereocenters. The lowest BCUT2D eigenvalue weighted by Gasteiger charge is -2.24. The summed E-state index contributed by atoms with van der Waals surface area (Å²) in [6.07, 6.45) is -0.670. The van der Waals surface area contributed by atoms with Crippen LogP contribution in [0.1, 0.15) is 37.0 Å². The van der Waals surface area contributed by atoms with Gasteiger partial charge in [0, 0.05) is 0 Å². The number of carbonyl (C=O) groups excluding carboxylic acids is 2. The average Bonchev–Trinajstić information content (AvgIpc) is 2.57. The molecule has 11 nitrogen and oxygen atoms in total. The normalized spacial score (nSPS) is 11.9. The van der Waals surface area contributed by atoms with Gasteiger partial charge in [-0.3, -0.25) is 9.59 Å². The summed E-state index contributed by atoms with van der Waals surface area (Å²) in [5, 5.41) is 18.5. The molecule has 0 radical (unpaired) electrons. The van der Waals surface area contributed by atoms with Crippen molar-refractivity contribution in [2.24, 2.45) is 5.41 Å². The third-order valence-corrected chi connectivity index (χ3v) is 3.49. The summed E-state index contributed by atoms with van der Waals surface area (Å²) in [4.78, 5) is 52.4. The van der Waals surface area contributed by atoms with Crippen molar-refractivity contribution >= 4 is 12.3 Å². The van der Waals surface area contributed by atoms with E-state index in [1.165, 1.54) is 26.0 Å². The molecule has 0 aliphatic carbocycles. The number of carbonyl (C=O) groups is 2. The molecule has 0 bridgehead atoms. The third kappa shape index (κ3) is 6.71. The zero-order valence-electron chi connectivity index (χ0n) is 14.2. The molecule has 0 saturated carbocycles. The molecule has 0 saturated heterocycles. The fourth-order valence-corrected chi connectivity index (χ4v) is 1.96. The third-order valence-electron chi connectivity index (χ3n) is 3.49. The average molecular weight is 370 g/mol. The van der Waals surface area contributed by atoms with E-state index in [0.29, 0.717) is 6.29 Å². The van der Waals surface area contributed by atoms with Crippen LogP contribution in [0, 0.1) is 25.6 Å². The molecule has 26 heavy (non-hydrogen) atoms. The van der Waals surface area contributed by atoms with Gasteiger partial charge in [-0.2, -0.15) is 0 Å². The van der Waals surface area contributed by atoms with Crippen LogP contribution in [-0.2, 0) is 14.5 Å². The van der Waals surface area contributed by atoms with Crippen LogP contribution in [0.2, 0.25) is 0 Å². The topological polar surface area (TPSA) is 148 Å². The molecule has 0 N–H and O–H groups in total. The Hall–Kier alpha value is -3.24. The first kappa shape index (κ1) is 20.8. The van der Waals surface area contributed by atoms with Crippen molar-refractivity contribution in [1.29, 1.82) is 0 Å². The van der Waals surface area contributed by atoms with Crippen LogP contribution < -0.4 is 4.74 Å². The largest absolute Gasteiger partial charge is 0.425 e. The Labute approximate surface area is 148 Å². The molecule has 0 aliphatic heterocycles. The Bertz CT molecular complexity index is 675. The first-order valence-electron chi connectivity index (χ1n) is 7.50. The molecular weight excluding hydrogens is 352 g/mol. The van der Waals surface area contributed by atoms with Crippen LogP contribution in [0.25, 0.3) is 0 Å². The molecule has 0 fully saturated rings. The molecule has 1 aromatic rings. The lowest BCUT2D eigenvalue weighted by molar-refractivity contribution is -0.790. The van der Waals surface area contributed by atoms with Crippen molar-refractivity contribution in [2.75, 3.05) is 6.61 Å². The van der Waals surface area contributed by atoms with Crippen LogP contribution in [-0.4, -0.2) is 35.1 Å². The molecular formula is C15H18N2O9. The predicted octanol–water partition coefficient (Wildman–Crippen LogP) is 2.00. The Morgan fingerprint density at radius 1 is 1.23 bits per heavy atom. The standard InChI is InChI=1S/C15H18N2O9/c1-15(2,8-7-12(26-17(22)23)10-24-16(20)21)14(19)25-13-6-4-3-5-11(13)9-18/h3-6,9,12H,7-8,10H2,1-2H3. The molecule has 142 valence electrons. The smallest absolute Gasteiger partial charge is 0.316 e. The van der Waals surface area contributed by atoms with E-state index in [0.717, 1.165) is 0 Å². The lowest BCUT2D eigenvalue weighted by atomic mass is 9.87. The van der Waals surface area contributed by atoms with E-state index in [1.54, 1.807) is 12.1 Å². The SMILES string of the molecule is CC(C)(CCC(CO[N+](=O)[O-])O[N+](=O)[O-])C(=O)Oc1ccccc1C=O. The van der Waals surface area contributed by atoms with Crippen molar-refractivity contribution in [3.05, 3.63) is 50.1 Å². The van der Waals surface area contributed by atoms with Gasteiger partial charge in [0.05, 0.1) is 11.0 Å². The van der Waals surface area contributed by atoms with Gasteiger partial charge in [-0.15, -0.1) is 20.2 Å². The number of hydrogen-bond donors (Lipinski definition) is 0. The van der Waals surface area contributed by atoms with E-state index in [4.69, 9.17) is 4.74 Å². The van der Waals surface area contributed by atoms with Gasteiger partial charge in [0.15, 0.2) is 6.29 Å². The molecule has 0 aliphatic rings. The number of para-hydroxylation sites is 1. The quantitative estimate of drug-likeness (QED) is 0.187. The number of nitrogens with zero attached hydrogens (tertiary/aromatic N) is 2. The second kappa shape index (κ2) is 9.30. The summed E-state index contributed by atoms with van der Waals surface area (Å²) >= 11 is 0. The van der Waals surface area contributed by atoms with E-state index in [2.05, 4.69) is 9.68 Å². The summed E-state index contributed by atoms with van der Waals surface area (Å²) in [6.45, 7) is 2.43. The van der Waals surface area contributed by atoms with Gasteiger partial charge < -0.3 is 14.4 Å². The molecule has 0 spiro atoms.